The molecule has 1 nitrogen and oxygen atoms in total. The van der Waals surface area contributed by atoms with Crippen LogP contribution in [0.25, 0.3) is 0 Å². The van der Waals surface area contributed by atoms with Crippen LogP contribution in [0.4, 0.5) is 0 Å². The topological polar surface area (TPSA) is 3.24 Å². The Morgan fingerprint density at radius 3 is 2.89 bits per heavy atom. The van der Waals surface area contributed by atoms with E-state index in [0.29, 0.717) is 0 Å². The number of halogens is 1. The van der Waals surface area contributed by atoms with E-state index in [2.05, 4.69) is 27.8 Å². The lowest BCUT2D eigenvalue weighted by molar-refractivity contribution is 0.341. The molecule has 0 saturated carbocycles. The van der Waals surface area contributed by atoms with Crippen LogP contribution in [0.1, 0.15) is 19.8 Å². The minimum absolute atomic E-state index is 0.768. The molecule has 0 aromatic carbocycles. The van der Waals surface area contributed by atoms with Crippen molar-refractivity contribution >= 4 is 15.9 Å². The van der Waals surface area contributed by atoms with Crippen molar-refractivity contribution in [3.8, 4) is 0 Å². The summed E-state index contributed by atoms with van der Waals surface area (Å²) in [5.41, 5.74) is 0. The molecule has 1 aliphatic heterocycles. The van der Waals surface area contributed by atoms with Gasteiger partial charge >= 0.3 is 0 Å². The Morgan fingerprint density at radius 1 is 1.67 bits per heavy atom. The molecule has 1 heterocycles. The smallest absolute Gasteiger partial charge is 0.0285 e. The third kappa shape index (κ3) is 2.26. The van der Waals surface area contributed by atoms with Gasteiger partial charge in [0.05, 0.1) is 0 Å². The van der Waals surface area contributed by atoms with Gasteiger partial charge in [-0.1, -0.05) is 22.9 Å². The Morgan fingerprint density at radius 2 is 2.44 bits per heavy atom. The Kier molecular flexibility index (Phi) is 2.99. The molecule has 0 aromatic rings. The minimum atomic E-state index is 0.768. The molecule has 1 unspecified atom stereocenters. The average Bonchev–Trinajstić information content (AvgIpc) is 2.17. The minimum Gasteiger partial charge on any atom is -0.302 e. The molecule has 0 radical (unpaired) electrons. The van der Waals surface area contributed by atoms with Crippen molar-refractivity contribution in [1.29, 1.82) is 0 Å². The molecular weight excluding hydrogens is 178 g/mol. The fourth-order valence-electron chi connectivity index (χ4n) is 1.30. The van der Waals surface area contributed by atoms with Crippen LogP contribution in [0, 0.1) is 0 Å². The summed E-state index contributed by atoms with van der Waals surface area (Å²) in [5.74, 6) is 0. The van der Waals surface area contributed by atoms with Crippen molar-refractivity contribution in [2.75, 3.05) is 19.6 Å². The maximum absolute atomic E-state index is 3.61. The SMILES string of the molecule is CCCN1CCC(Br)C1. The van der Waals surface area contributed by atoms with Gasteiger partial charge in [0.1, 0.15) is 0 Å². The van der Waals surface area contributed by atoms with Crippen LogP contribution in [-0.4, -0.2) is 29.4 Å². The second-order valence-corrected chi connectivity index (χ2v) is 3.98. The van der Waals surface area contributed by atoms with Crippen LogP contribution in [0.5, 0.6) is 0 Å². The van der Waals surface area contributed by atoms with Gasteiger partial charge in [0.15, 0.2) is 0 Å². The molecule has 1 fully saturated rings. The number of rotatable bonds is 2. The van der Waals surface area contributed by atoms with Crippen LogP contribution in [0.15, 0.2) is 0 Å². The maximum Gasteiger partial charge on any atom is 0.0285 e. The number of nitrogens with zero attached hydrogens (tertiary/aromatic N) is 1. The lowest BCUT2D eigenvalue weighted by atomic mass is 10.4. The molecular formula is C7H14BrN. The Balaban J connectivity index is 2.14. The van der Waals surface area contributed by atoms with Gasteiger partial charge < -0.3 is 4.90 Å². The van der Waals surface area contributed by atoms with Gasteiger partial charge in [-0.05, 0) is 25.9 Å². The molecule has 1 rings (SSSR count). The Labute approximate surface area is 65.6 Å². The van der Waals surface area contributed by atoms with Crippen LogP contribution in [0.3, 0.4) is 0 Å². The highest BCUT2D eigenvalue weighted by atomic mass is 79.9. The molecule has 0 amide bonds. The van der Waals surface area contributed by atoms with Crippen LogP contribution in [-0.2, 0) is 0 Å². The van der Waals surface area contributed by atoms with Crippen LogP contribution in [0.2, 0.25) is 0 Å². The predicted molar refractivity (Wildman–Crippen MR) is 44.1 cm³/mol. The quantitative estimate of drug-likeness (QED) is 0.603. The molecule has 1 atom stereocenters. The van der Waals surface area contributed by atoms with Crippen molar-refractivity contribution in [3.63, 3.8) is 0 Å². The monoisotopic (exact) mass is 191 g/mol. The molecule has 0 aliphatic carbocycles. The zero-order valence-corrected chi connectivity index (χ0v) is 7.52. The first kappa shape index (κ1) is 7.55. The van der Waals surface area contributed by atoms with Gasteiger partial charge in [-0.3, -0.25) is 0 Å². The first-order chi connectivity index (χ1) is 4.33. The molecule has 1 aliphatic rings. The van der Waals surface area contributed by atoms with Crippen molar-refractivity contribution in [3.05, 3.63) is 0 Å². The summed E-state index contributed by atoms with van der Waals surface area (Å²) in [6.45, 7) is 6.07. The zero-order valence-electron chi connectivity index (χ0n) is 5.94. The number of alkyl halides is 1. The van der Waals surface area contributed by atoms with Gasteiger partial charge in [0, 0.05) is 11.4 Å². The molecule has 0 aromatic heterocycles. The zero-order chi connectivity index (χ0) is 6.69. The molecule has 0 spiro atoms. The largest absolute Gasteiger partial charge is 0.302 e. The number of hydrogen-bond donors (Lipinski definition) is 0. The lowest BCUT2D eigenvalue weighted by Crippen LogP contribution is -2.21. The average molecular weight is 192 g/mol. The second-order valence-electron chi connectivity index (χ2n) is 2.69. The highest BCUT2D eigenvalue weighted by Crippen LogP contribution is 2.15. The van der Waals surface area contributed by atoms with Crippen molar-refractivity contribution < 1.29 is 0 Å². The van der Waals surface area contributed by atoms with E-state index in [1.807, 2.05) is 0 Å². The van der Waals surface area contributed by atoms with E-state index in [4.69, 9.17) is 0 Å². The van der Waals surface area contributed by atoms with Gasteiger partial charge in [0.2, 0.25) is 0 Å². The fourth-order valence-corrected chi connectivity index (χ4v) is 1.92. The van der Waals surface area contributed by atoms with E-state index in [1.165, 1.54) is 32.5 Å². The summed E-state index contributed by atoms with van der Waals surface area (Å²) in [6.07, 6.45) is 2.62. The van der Waals surface area contributed by atoms with Crippen LogP contribution < -0.4 is 0 Å². The fraction of sp³-hybridized carbons (Fsp3) is 1.00. The normalized spacial score (nSPS) is 29.3. The summed E-state index contributed by atoms with van der Waals surface area (Å²) < 4.78 is 0. The van der Waals surface area contributed by atoms with Gasteiger partial charge in [-0.2, -0.15) is 0 Å². The standard InChI is InChI=1S/C7H14BrN/c1-2-4-9-5-3-7(8)6-9/h7H,2-6H2,1H3. The van der Waals surface area contributed by atoms with Gasteiger partial charge in [0.25, 0.3) is 0 Å². The molecule has 2 heteroatoms. The summed E-state index contributed by atoms with van der Waals surface area (Å²) >= 11 is 3.61. The van der Waals surface area contributed by atoms with E-state index < -0.39 is 0 Å². The lowest BCUT2D eigenvalue weighted by Gasteiger charge is -2.11. The van der Waals surface area contributed by atoms with E-state index in [-0.39, 0.29) is 0 Å². The number of likely N-dealkylation sites (tertiary alicyclic amines) is 1. The summed E-state index contributed by atoms with van der Waals surface area (Å²) in [6, 6.07) is 0. The van der Waals surface area contributed by atoms with E-state index >= 15 is 0 Å². The Bertz CT molecular complexity index is 83.0. The summed E-state index contributed by atoms with van der Waals surface area (Å²) in [7, 11) is 0. The third-order valence-corrected chi connectivity index (χ3v) is 2.50. The predicted octanol–water partition coefficient (Wildman–Crippen LogP) is 1.87. The first-order valence-corrected chi connectivity index (χ1v) is 4.61. The highest BCUT2D eigenvalue weighted by molar-refractivity contribution is 9.09. The van der Waals surface area contributed by atoms with E-state index in [1.54, 1.807) is 0 Å². The molecule has 1 saturated heterocycles. The summed E-state index contributed by atoms with van der Waals surface area (Å²) in [4.78, 5) is 3.28. The van der Waals surface area contributed by atoms with Crippen molar-refractivity contribution in [2.24, 2.45) is 0 Å². The molecule has 0 bridgehead atoms. The number of hydrogen-bond acceptors (Lipinski definition) is 1. The maximum atomic E-state index is 3.61. The molecule has 0 N–H and O–H groups in total. The first-order valence-electron chi connectivity index (χ1n) is 3.69. The van der Waals surface area contributed by atoms with E-state index in [0.717, 1.165) is 4.83 Å². The highest BCUT2D eigenvalue weighted by Gasteiger charge is 2.17. The van der Waals surface area contributed by atoms with Gasteiger partial charge in [-0.25, -0.2) is 0 Å². The molecule has 9 heavy (non-hydrogen) atoms. The van der Waals surface area contributed by atoms with Crippen LogP contribution >= 0.6 is 15.9 Å². The third-order valence-electron chi connectivity index (χ3n) is 1.75. The summed E-state index contributed by atoms with van der Waals surface area (Å²) in [5, 5.41) is 0. The van der Waals surface area contributed by atoms with Crippen molar-refractivity contribution in [1.82, 2.24) is 4.90 Å². The molecule has 54 valence electrons. The Hall–Kier alpha value is 0.440. The van der Waals surface area contributed by atoms with E-state index in [9.17, 15) is 0 Å². The van der Waals surface area contributed by atoms with Gasteiger partial charge in [-0.15, -0.1) is 0 Å². The second kappa shape index (κ2) is 3.57. The van der Waals surface area contributed by atoms with Crippen molar-refractivity contribution in [2.45, 2.75) is 24.6 Å².